The molecule has 23 heavy (non-hydrogen) atoms. The van der Waals surface area contributed by atoms with E-state index < -0.39 is 0 Å². The number of hydrogen-bond acceptors (Lipinski definition) is 4. The van der Waals surface area contributed by atoms with Crippen molar-refractivity contribution in [1.29, 1.82) is 0 Å². The van der Waals surface area contributed by atoms with E-state index in [0.717, 1.165) is 5.69 Å². The molecule has 0 radical (unpaired) electrons. The zero-order valence-electron chi connectivity index (χ0n) is 12.7. The number of rotatable bonds is 5. The monoisotopic (exact) mass is 350 g/mol. The van der Waals surface area contributed by atoms with Gasteiger partial charge < -0.3 is 5.32 Å². The highest BCUT2D eigenvalue weighted by molar-refractivity contribution is 8.00. The van der Waals surface area contributed by atoms with Crippen molar-refractivity contribution in [3.63, 3.8) is 0 Å². The van der Waals surface area contributed by atoms with Gasteiger partial charge in [0.1, 0.15) is 12.7 Å². The highest BCUT2D eigenvalue weighted by Crippen LogP contribution is 2.29. The Bertz CT molecular complexity index is 656. The Morgan fingerprint density at radius 1 is 1.35 bits per heavy atom. The van der Waals surface area contributed by atoms with Crippen molar-refractivity contribution < 1.29 is 4.79 Å². The van der Waals surface area contributed by atoms with Crippen molar-refractivity contribution in [3.05, 3.63) is 35.9 Å². The smallest absolute Gasteiger partial charge is 0.234 e. The Morgan fingerprint density at radius 2 is 2.17 bits per heavy atom. The number of nitrogens with zero attached hydrogens (tertiary/aromatic N) is 3. The van der Waals surface area contributed by atoms with Crippen LogP contribution in [0.25, 0.3) is 5.69 Å². The van der Waals surface area contributed by atoms with E-state index in [4.69, 9.17) is 11.6 Å². The van der Waals surface area contributed by atoms with E-state index in [2.05, 4.69) is 15.4 Å². The van der Waals surface area contributed by atoms with Crippen LogP contribution in [-0.4, -0.2) is 31.7 Å². The molecule has 0 saturated heterocycles. The van der Waals surface area contributed by atoms with Gasteiger partial charge in [0.05, 0.1) is 17.1 Å². The first-order valence-electron chi connectivity index (χ1n) is 7.78. The molecule has 0 spiro atoms. The van der Waals surface area contributed by atoms with Gasteiger partial charge in [0.2, 0.25) is 5.91 Å². The Morgan fingerprint density at radius 3 is 2.91 bits per heavy atom. The third-order valence-electron chi connectivity index (χ3n) is 3.90. The van der Waals surface area contributed by atoms with Crippen LogP contribution >= 0.6 is 23.4 Å². The highest BCUT2D eigenvalue weighted by atomic mass is 35.5. The molecule has 0 unspecified atom stereocenters. The molecule has 0 atom stereocenters. The summed E-state index contributed by atoms with van der Waals surface area (Å²) in [5, 5.41) is 8.24. The van der Waals surface area contributed by atoms with Gasteiger partial charge in [0.25, 0.3) is 0 Å². The Balaban J connectivity index is 1.64. The Kier molecular flexibility index (Phi) is 5.56. The number of nitrogens with one attached hydrogen (secondary N) is 1. The van der Waals surface area contributed by atoms with Gasteiger partial charge >= 0.3 is 0 Å². The molecule has 1 aromatic heterocycles. The molecule has 1 aliphatic carbocycles. The summed E-state index contributed by atoms with van der Waals surface area (Å²) in [6.45, 7) is 0. The fourth-order valence-corrected chi connectivity index (χ4v) is 4.05. The van der Waals surface area contributed by atoms with E-state index in [0.29, 0.717) is 21.7 Å². The summed E-state index contributed by atoms with van der Waals surface area (Å²) in [5.74, 6) is 0.456. The van der Waals surface area contributed by atoms with Crippen LogP contribution in [0.15, 0.2) is 30.9 Å². The van der Waals surface area contributed by atoms with E-state index in [-0.39, 0.29) is 5.91 Å². The molecule has 7 heteroatoms. The van der Waals surface area contributed by atoms with Crippen LogP contribution in [0.5, 0.6) is 0 Å². The van der Waals surface area contributed by atoms with Crippen molar-refractivity contribution in [3.8, 4) is 5.69 Å². The minimum Gasteiger partial charge on any atom is -0.323 e. The first kappa shape index (κ1) is 16.3. The van der Waals surface area contributed by atoms with Gasteiger partial charge in [-0.15, -0.1) is 11.8 Å². The quantitative estimate of drug-likeness (QED) is 0.887. The molecule has 1 saturated carbocycles. The van der Waals surface area contributed by atoms with Crippen molar-refractivity contribution >= 4 is 35.0 Å². The average molecular weight is 351 g/mol. The molecule has 1 heterocycles. The van der Waals surface area contributed by atoms with E-state index in [1.165, 1.54) is 38.4 Å². The number of aromatic nitrogens is 3. The number of halogens is 1. The topological polar surface area (TPSA) is 59.8 Å². The third-order valence-corrected chi connectivity index (χ3v) is 5.51. The van der Waals surface area contributed by atoms with Gasteiger partial charge in [-0.3, -0.25) is 4.79 Å². The molecule has 5 nitrogen and oxygen atoms in total. The largest absolute Gasteiger partial charge is 0.323 e. The van der Waals surface area contributed by atoms with Crippen LogP contribution in [0, 0.1) is 0 Å². The summed E-state index contributed by atoms with van der Waals surface area (Å²) in [5.41, 5.74) is 1.40. The lowest BCUT2D eigenvalue weighted by molar-refractivity contribution is -0.113. The fourth-order valence-electron chi connectivity index (χ4n) is 2.75. The first-order valence-corrected chi connectivity index (χ1v) is 9.21. The van der Waals surface area contributed by atoms with Crippen LogP contribution in [0.4, 0.5) is 5.69 Å². The lowest BCUT2D eigenvalue weighted by atomic mass is 10.0. The van der Waals surface area contributed by atoms with Gasteiger partial charge in [0.15, 0.2) is 0 Å². The summed E-state index contributed by atoms with van der Waals surface area (Å²) in [6.07, 6.45) is 9.38. The third kappa shape index (κ3) is 4.48. The number of hydrogen-bond donors (Lipinski definition) is 1. The van der Waals surface area contributed by atoms with E-state index >= 15 is 0 Å². The molecule has 0 bridgehead atoms. The number of benzene rings is 1. The standard InChI is InChI=1S/C16H19ClN4OS/c17-12-6-7-15(21-11-18-10-19-21)14(8-12)20-16(22)9-23-13-4-2-1-3-5-13/h6-8,10-11,13H,1-5,9H2,(H,20,22). The Hall–Kier alpha value is -1.53. The number of carbonyl (C=O) groups excluding carboxylic acids is 1. The summed E-state index contributed by atoms with van der Waals surface area (Å²) in [7, 11) is 0. The lowest BCUT2D eigenvalue weighted by Gasteiger charge is -2.20. The zero-order valence-corrected chi connectivity index (χ0v) is 14.3. The predicted molar refractivity (Wildman–Crippen MR) is 94.3 cm³/mol. The summed E-state index contributed by atoms with van der Waals surface area (Å²) in [4.78, 5) is 16.2. The molecule has 0 aliphatic heterocycles. The van der Waals surface area contributed by atoms with Gasteiger partial charge in [-0.1, -0.05) is 30.9 Å². The maximum Gasteiger partial charge on any atom is 0.234 e. The molecule has 1 fully saturated rings. The van der Waals surface area contributed by atoms with E-state index in [1.807, 2.05) is 6.07 Å². The molecule has 3 rings (SSSR count). The molecule has 1 aliphatic rings. The molecule has 122 valence electrons. The predicted octanol–water partition coefficient (Wildman–Crippen LogP) is 3.93. The highest BCUT2D eigenvalue weighted by Gasteiger charge is 2.16. The minimum atomic E-state index is -0.00999. The Labute approximate surface area is 144 Å². The minimum absolute atomic E-state index is 0.00999. The molecule has 1 amide bonds. The summed E-state index contributed by atoms with van der Waals surface area (Å²) in [6, 6.07) is 5.33. The van der Waals surface area contributed by atoms with Crippen molar-refractivity contribution in [1.82, 2.24) is 14.8 Å². The fraction of sp³-hybridized carbons (Fsp3) is 0.438. The van der Waals surface area contributed by atoms with Crippen molar-refractivity contribution in [2.75, 3.05) is 11.1 Å². The van der Waals surface area contributed by atoms with Crippen LogP contribution in [0.1, 0.15) is 32.1 Å². The molecular formula is C16H19ClN4OS. The molecule has 2 aromatic rings. The van der Waals surface area contributed by atoms with Gasteiger partial charge in [-0.2, -0.15) is 5.10 Å². The van der Waals surface area contributed by atoms with Gasteiger partial charge in [0, 0.05) is 10.3 Å². The van der Waals surface area contributed by atoms with Gasteiger partial charge in [-0.25, -0.2) is 9.67 Å². The molecular weight excluding hydrogens is 332 g/mol. The summed E-state index contributed by atoms with van der Waals surface area (Å²) >= 11 is 7.81. The van der Waals surface area contributed by atoms with Crippen molar-refractivity contribution in [2.45, 2.75) is 37.4 Å². The first-order chi connectivity index (χ1) is 11.2. The number of thioether (sulfide) groups is 1. The lowest BCUT2D eigenvalue weighted by Crippen LogP contribution is -2.19. The maximum absolute atomic E-state index is 12.3. The summed E-state index contributed by atoms with van der Waals surface area (Å²) < 4.78 is 1.61. The van der Waals surface area contributed by atoms with Crippen LogP contribution in [-0.2, 0) is 4.79 Å². The second-order valence-electron chi connectivity index (χ2n) is 5.62. The van der Waals surface area contributed by atoms with Crippen LogP contribution < -0.4 is 5.32 Å². The number of carbonyl (C=O) groups is 1. The van der Waals surface area contributed by atoms with Crippen LogP contribution in [0.3, 0.4) is 0 Å². The van der Waals surface area contributed by atoms with Crippen LogP contribution in [0.2, 0.25) is 5.02 Å². The number of amides is 1. The van der Waals surface area contributed by atoms with Gasteiger partial charge in [-0.05, 0) is 31.0 Å². The molecule has 1 N–H and O–H groups in total. The average Bonchev–Trinajstić information content (AvgIpc) is 3.08. The van der Waals surface area contributed by atoms with Crippen molar-refractivity contribution in [2.24, 2.45) is 0 Å². The zero-order chi connectivity index (χ0) is 16.1. The van der Waals surface area contributed by atoms with E-state index in [9.17, 15) is 4.79 Å². The second-order valence-corrected chi connectivity index (χ2v) is 7.35. The van der Waals surface area contributed by atoms with E-state index in [1.54, 1.807) is 34.9 Å². The normalized spacial score (nSPS) is 15.5. The second kappa shape index (κ2) is 7.84. The number of anilines is 1. The SMILES string of the molecule is O=C(CSC1CCCCC1)Nc1cc(Cl)ccc1-n1cncn1. The maximum atomic E-state index is 12.3. The molecule has 1 aromatic carbocycles.